The van der Waals surface area contributed by atoms with Gasteiger partial charge in [0.25, 0.3) is 5.91 Å². The lowest BCUT2D eigenvalue weighted by atomic mass is 10.1. The smallest absolute Gasteiger partial charge is 0.255 e. The van der Waals surface area contributed by atoms with Crippen molar-refractivity contribution in [2.24, 2.45) is 0 Å². The maximum atomic E-state index is 12.8. The van der Waals surface area contributed by atoms with Gasteiger partial charge in [0.1, 0.15) is 6.17 Å². The molecule has 0 aliphatic carbocycles. The van der Waals surface area contributed by atoms with E-state index >= 15 is 0 Å². The van der Waals surface area contributed by atoms with E-state index in [1.54, 1.807) is 4.90 Å². The Bertz CT molecular complexity index is 823. The van der Waals surface area contributed by atoms with Crippen molar-refractivity contribution in [2.75, 3.05) is 19.7 Å². The summed E-state index contributed by atoms with van der Waals surface area (Å²) in [6.07, 6.45) is 0.611. The standard InChI is InChI=1S/C23H29N3O3/c1-17(2)29-14-8-13-26-22(19-11-6-7-12-20(19)23(26)28)25-16-21(27)24-15-18-9-4-3-5-10-18/h3-7,9-12,17,22,25H,8,13-16H2,1-2H3,(H,24,27)/t22-/m1/s1. The first-order valence-electron chi connectivity index (χ1n) is 10.1. The maximum absolute atomic E-state index is 12.8. The number of rotatable bonds is 10. The lowest BCUT2D eigenvalue weighted by molar-refractivity contribution is -0.120. The molecule has 0 unspecified atom stereocenters. The number of amides is 2. The van der Waals surface area contributed by atoms with Crippen LogP contribution in [-0.2, 0) is 16.1 Å². The number of nitrogens with zero attached hydrogens (tertiary/aromatic N) is 1. The Morgan fingerprint density at radius 3 is 2.59 bits per heavy atom. The minimum absolute atomic E-state index is 0.00709. The van der Waals surface area contributed by atoms with Crippen LogP contribution in [0.3, 0.4) is 0 Å². The molecule has 0 saturated heterocycles. The van der Waals surface area contributed by atoms with E-state index in [0.29, 0.717) is 25.3 Å². The molecule has 1 atom stereocenters. The van der Waals surface area contributed by atoms with Gasteiger partial charge in [-0.1, -0.05) is 48.5 Å². The van der Waals surface area contributed by atoms with E-state index in [9.17, 15) is 9.59 Å². The lowest BCUT2D eigenvalue weighted by Gasteiger charge is -2.26. The molecular weight excluding hydrogens is 366 g/mol. The summed E-state index contributed by atoms with van der Waals surface area (Å²) in [5.74, 6) is -0.110. The largest absolute Gasteiger partial charge is 0.379 e. The molecule has 2 amide bonds. The molecule has 29 heavy (non-hydrogen) atoms. The number of hydrogen-bond acceptors (Lipinski definition) is 4. The quantitative estimate of drug-likeness (QED) is 0.607. The molecule has 154 valence electrons. The zero-order chi connectivity index (χ0) is 20.6. The van der Waals surface area contributed by atoms with Gasteiger partial charge in [-0.2, -0.15) is 0 Å². The molecule has 0 spiro atoms. The van der Waals surface area contributed by atoms with Crippen LogP contribution in [0.2, 0.25) is 0 Å². The second kappa shape index (κ2) is 10.2. The molecule has 2 aromatic carbocycles. The molecule has 0 radical (unpaired) electrons. The molecule has 1 heterocycles. The molecular formula is C23H29N3O3. The van der Waals surface area contributed by atoms with Crippen molar-refractivity contribution in [1.82, 2.24) is 15.5 Å². The van der Waals surface area contributed by atoms with Crippen LogP contribution in [0.4, 0.5) is 0 Å². The molecule has 0 aromatic heterocycles. The first kappa shape index (κ1) is 21.0. The fraction of sp³-hybridized carbons (Fsp3) is 0.391. The number of fused-ring (bicyclic) bond motifs is 1. The van der Waals surface area contributed by atoms with Crippen LogP contribution in [0.25, 0.3) is 0 Å². The van der Waals surface area contributed by atoms with Gasteiger partial charge in [-0.15, -0.1) is 0 Å². The van der Waals surface area contributed by atoms with E-state index in [1.807, 2.05) is 68.4 Å². The summed E-state index contributed by atoms with van der Waals surface area (Å²) in [6.45, 7) is 5.78. The Hall–Kier alpha value is -2.70. The van der Waals surface area contributed by atoms with E-state index in [-0.39, 0.29) is 30.6 Å². The van der Waals surface area contributed by atoms with Gasteiger partial charge in [0.2, 0.25) is 5.91 Å². The molecule has 1 aliphatic heterocycles. The van der Waals surface area contributed by atoms with Crippen LogP contribution in [0.5, 0.6) is 0 Å². The van der Waals surface area contributed by atoms with Crippen LogP contribution in [0.1, 0.15) is 47.9 Å². The van der Waals surface area contributed by atoms with Gasteiger partial charge in [-0.25, -0.2) is 0 Å². The Labute approximate surface area is 172 Å². The highest BCUT2D eigenvalue weighted by molar-refractivity contribution is 5.99. The summed E-state index contributed by atoms with van der Waals surface area (Å²) in [7, 11) is 0. The minimum atomic E-state index is -0.305. The topological polar surface area (TPSA) is 70.7 Å². The van der Waals surface area contributed by atoms with Gasteiger partial charge in [-0.05, 0) is 31.9 Å². The van der Waals surface area contributed by atoms with E-state index in [4.69, 9.17) is 4.74 Å². The predicted molar refractivity (Wildman–Crippen MR) is 112 cm³/mol. The van der Waals surface area contributed by atoms with Crippen LogP contribution in [0.15, 0.2) is 54.6 Å². The number of carbonyl (C=O) groups excluding carboxylic acids is 2. The van der Waals surface area contributed by atoms with Gasteiger partial charge < -0.3 is 15.0 Å². The summed E-state index contributed by atoms with van der Waals surface area (Å²) in [5, 5.41) is 6.17. The summed E-state index contributed by atoms with van der Waals surface area (Å²) in [5.41, 5.74) is 2.66. The van der Waals surface area contributed by atoms with Crippen molar-refractivity contribution >= 4 is 11.8 Å². The molecule has 6 heteroatoms. The van der Waals surface area contributed by atoms with Crippen molar-refractivity contribution in [3.63, 3.8) is 0 Å². The average Bonchev–Trinajstić information content (AvgIpc) is 3.00. The van der Waals surface area contributed by atoms with E-state index in [0.717, 1.165) is 17.5 Å². The van der Waals surface area contributed by atoms with Crippen LogP contribution in [-0.4, -0.2) is 42.5 Å². The number of hydrogen-bond donors (Lipinski definition) is 2. The molecule has 0 fully saturated rings. The summed E-state index contributed by atoms with van der Waals surface area (Å²) >= 11 is 0. The highest BCUT2D eigenvalue weighted by atomic mass is 16.5. The first-order chi connectivity index (χ1) is 14.1. The summed E-state index contributed by atoms with van der Waals surface area (Å²) in [4.78, 5) is 26.9. The zero-order valence-electron chi connectivity index (χ0n) is 17.1. The lowest BCUT2D eigenvalue weighted by Crippen LogP contribution is -2.42. The Balaban J connectivity index is 1.58. The van der Waals surface area contributed by atoms with Crippen LogP contribution < -0.4 is 10.6 Å². The molecule has 1 aliphatic rings. The Morgan fingerprint density at radius 2 is 1.83 bits per heavy atom. The third-order valence-electron chi connectivity index (χ3n) is 4.84. The SMILES string of the molecule is CC(C)OCCCN1C(=O)c2ccccc2[C@@H]1NCC(=O)NCc1ccccc1. The number of ether oxygens (including phenoxy) is 1. The van der Waals surface area contributed by atoms with E-state index in [1.165, 1.54) is 0 Å². The fourth-order valence-corrected chi connectivity index (χ4v) is 3.42. The molecule has 0 bridgehead atoms. The van der Waals surface area contributed by atoms with Crippen molar-refractivity contribution in [3.8, 4) is 0 Å². The van der Waals surface area contributed by atoms with E-state index < -0.39 is 0 Å². The van der Waals surface area contributed by atoms with Crippen molar-refractivity contribution in [1.29, 1.82) is 0 Å². The molecule has 2 aromatic rings. The number of carbonyl (C=O) groups is 2. The fourth-order valence-electron chi connectivity index (χ4n) is 3.42. The van der Waals surface area contributed by atoms with Gasteiger partial charge >= 0.3 is 0 Å². The molecule has 6 nitrogen and oxygen atoms in total. The molecule has 0 saturated carbocycles. The number of benzene rings is 2. The van der Waals surface area contributed by atoms with Gasteiger partial charge in [-0.3, -0.25) is 14.9 Å². The van der Waals surface area contributed by atoms with E-state index in [2.05, 4.69) is 10.6 Å². The number of nitrogens with one attached hydrogen (secondary N) is 2. The van der Waals surface area contributed by atoms with Crippen molar-refractivity contribution in [3.05, 3.63) is 71.3 Å². The summed E-state index contributed by atoms with van der Waals surface area (Å²) in [6, 6.07) is 17.4. The van der Waals surface area contributed by atoms with Gasteiger partial charge in [0.05, 0.1) is 12.6 Å². The van der Waals surface area contributed by atoms with Crippen molar-refractivity contribution in [2.45, 2.75) is 39.1 Å². The monoisotopic (exact) mass is 395 g/mol. The van der Waals surface area contributed by atoms with Crippen LogP contribution in [0, 0.1) is 0 Å². The second-order valence-electron chi connectivity index (χ2n) is 7.40. The first-order valence-corrected chi connectivity index (χ1v) is 10.1. The Morgan fingerprint density at radius 1 is 1.10 bits per heavy atom. The highest BCUT2D eigenvalue weighted by Gasteiger charge is 2.35. The summed E-state index contributed by atoms with van der Waals surface area (Å²) < 4.78 is 5.60. The van der Waals surface area contributed by atoms with Crippen molar-refractivity contribution < 1.29 is 14.3 Å². The normalized spacial score (nSPS) is 15.6. The third kappa shape index (κ3) is 5.65. The second-order valence-corrected chi connectivity index (χ2v) is 7.40. The third-order valence-corrected chi connectivity index (χ3v) is 4.84. The Kier molecular flexibility index (Phi) is 7.38. The maximum Gasteiger partial charge on any atom is 0.255 e. The van der Waals surface area contributed by atoms with Gasteiger partial charge in [0.15, 0.2) is 0 Å². The average molecular weight is 396 g/mol. The molecule has 2 N–H and O–H groups in total. The van der Waals surface area contributed by atoms with Crippen LogP contribution >= 0.6 is 0 Å². The predicted octanol–water partition coefficient (Wildman–Crippen LogP) is 2.86. The zero-order valence-corrected chi connectivity index (χ0v) is 17.1. The molecule has 3 rings (SSSR count). The van der Waals surface area contributed by atoms with Gasteiger partial charge in [0, 0.05) is 30.8 Å². The minimum Gasteiger partial charge on any atom is -0.379 e. The highest BCUT2D eigenvalue weighted by Crippen LogP contribution is 2.31.